The predicted octanol–water partition coefficient (Wildman–Crippen LogP) is 2.11. The summed E-state index contributed by atoms with van der Waals surface area (Å²) in [6.45, 7) is 8.61. The van der Waals surface area contributed by atoms with E-state index in [1.807, 2.05) is 18.7 Å². The number of aliphatic hydroxyl groups is 1. The number of aryl methyl sites for hydroxylation is 2. The van der Waals surface area contributed by atoms with Crippen LogP contribution in [0, 0.1) is 19.8 Å². The van der Waals surface area contributed by atoms with E-state index in [2.05, 4.69) is 23.8 Å². The van der Waals surface area contributed by atoms with E-state index in [1.165, 1.54) is 0 Å². The molecule has 21 heavy (non-hydrogen) atoms. The predicted molar refractivity (Wildman–Crippen MR) is 81.0 cm³/mol. The van der Waals surface area contributed by atoms with E-state index in [9.17, 15) is 9.90 Å². The average Bonchev–Trinajstić information content (AvgIpc) is 2.81. The zero-order chi connectivity index (χ0) is 15.6. The standard InChI is InChI=1S/C16H25N3O2/c1-11(2)8-16(10-20)6-5-7-19(16)15(21)14-9-17-13(4)18-12(14)3/h9,11,20H,5-8,10H2,1-4H3/t16-/m0/s1. The monoisotopic (exact) mass is 291 g/mol. The van der Waals surface area contributed by atoms with Crippen LogP contribution in [0.1, 0.15) is 55.0 Å². The molecule has 1 amide bonds. The molecule has 0 aromatic carbocycles. The highest BCUT2D eigenvalue weighted by molar-refractivity contribution is 5.95. The highest BCUT2D eigenvalue weighted by atomic mass is 16.3. The molecule has 0 radical (unpaired) electrons. The van der Waals surface area contributed by atoms with Gasteiger partial charge in [0.05, 0.1) is 23.4 Å². The van der Waals surface area contributed by atoms with Crippen molar-refractivity contribution in [3.05, 3.63) is 23.3 Å². The minimum absolute atomic E-state index is 0.0166. The maximum Gasteiger partial charge on any atom is 0.257 e. The zero-order valence-corrected chi connectivity index (χ0v) is 13.4. The minimum atomic E-state index is -0.428. The summed E-state index contributed by atoms with van der Waals surface area (Å²) in [5.41, 5.74) is 0.822. The zero-order valence-electron chi connectivity index (χ0n) is 13.4. The van der Waals surface area contributed by atoms with Gasteiger partial charge in [-0.25, -0.2) is 9.97 Å². The molecular formula is C16H25N3O2. The Morgan fingerprint density at radius 1 is 1.48 bits per heavy atom. The van der Waals surface area contributed by atoms with Crippen molar-refractivity contribution in [3.8, 4) is 0 Å². The van der Waals surface area contributed by atoms with Gasteiger partial charge < -0.3 is 10.0 Å². The molecule has 1 aliphatic heterocycles. The Morgan fingerprint density at radius 3 is 2.76 bits per heavy atom. The molecule has 116 valence electrons. The molecule has 1 aromatic heterocycles. The number of nitrogens with zero attached hydrogens (tertiary/aromatic N) is 3. The molecular weight excluding hydrogens is 266 g/mol. The van der Waals surface area contributed by atoms with Crippen molar-refractivity contribution in [2.24, 2.45) is 5.92 Å². The van der Waals surface area contributed by atoms with Crippen molar-refractivity contribution in [3.63, 3.8) is 0 Å². The number of amides is 1. The van der Waals surface area contributed by atoms with Crippen molar-refractivity contribution < 1.29 is 9.90 Å². The maximum absolute atomic E-state index is 12.9. The van der Waals surface area contributed by atoms with Crippen LogP contribution >= 0.6 is 0 Å². The molecule has 1 N–H and O–H groups in total. The van der Waals surface area contributed by atoms with Gasteiger partial charge >= 0.3 is 0 Å². The van der Waals surface area contributed by atoms with E-state index in [4.69, 9.17) is 0 Å². The van der Waals surface area contributed by atoms with Crippen molar-refractivity contribution in [2.75, 3.05) is 13.2 Å². The van der Waals surface area contributed by atoms with Crippen molar-refractivity contribution in [1.29, 1.82) is 0 Å². The molecule has 1 atom stereocenters. The summed E-state index contributed by atoms with van der Waals surface area (Å²) in [7, 11) is 0. The lowest BCUT2D eigenvalue weighted by Crippen LogP contribution is -2.51. The molecule has 1 aliphatic rings. The van der Waals surface area contributed by atoms with Crippen LogP contribution in [0.4, 0.5) is 0 Å². The lowest BCUT2D eigenvalue weighted by Gasteiger charge is -2.38. The number of carbonyl (C=O) groups excluding carboxylic acids is 1. The van der Waals surface area contributed by atoms with Crippen LogP contribution in [0.15, 0.2) is 6.20 Å². The van der Waals surface area contributed by atoms with Gasteiger partial charge in [-0.15, -0.1) is 0 Å². The highest BCUT2D eigenvalue weighted by Gasteiger charge is 2.44. The minimum Gasteiger partial charge on any atom is -0.394 e. The van der Waals surface area contributed by atoms with E-state index in [-0.39, 0.29) is 12.5 Å². The van der Waals surface area contributed by atoms with Gasteiger partial charge in [0, 0.05) is 12.7 Å². The van der Waals surface area contributed by atoms with Gasteiger partial charge in [-0.2, -0.15) is 0 Å². The fourth-order valence-electron chi connectivity index (χ4n) is 3.40. The number of aromatic nitrogens is 2. The highest BCUT2D eigenvalue weighted by Crippen LogP contribution is 2.36. The summed E-state index contributed by atoms with van der Waals surface area (Å²) in [4.78, 5) is 23.1. The van der Waals surface area contributed by atoms with E-state index in [0.717, 1.165) is 19.3 Å². The number of likely N-dealkylation sites (tertiary alicyclic amines) is 1. The third-order valence-electron chi connectivity index (χ3n) is 4.25. The average molecular weight is 291 g/mol. The molecule has 0 aliphatic carbocycles. The first kappa shape index (κ1) is 15.9. The summed E-state index contributed by atoms with van der Waals surface area (Å²) < 4.78 is 0. The van der Waals surface area contributed by atoms with E-state index < -0.39 is 5.54 Å². The number of aliphatic hydroxyl groups excluding tert-OH is 1. The molecule has 1 aromatic rings. The number of hydrogen-bond acceptors (Lipinski definition) is 4. The summed E-state index contributed by atoms with van der Waals surface area (Å²) in [6, 6.07) is 0. The largest absolute Gasteiger partial charge is 0.394 e. The summed E-state index contributed by atoms with van der Waals surface area (Å²) in [6.07, 6.45) is 4.22. The second kappa shape index (κ2) is 6.10. The first-order valence-electron chi connectivity index (χ1n) is 7.63. The fraction of sp³-hybridized carbons (Fsp3) is 0.688. The van der Waals surface area contributed by atoms with Crippen LogP contribution in [-0.2, 0) is 0 Å². The van der Waals surface area contributed by atoms with Crippen LogP contribution in [0.3, 0.4) is 0 Å². The topological polar surface area (TPSA) is 66.3 Å². The van der Waals surface area contributed by atoms with Gasteiger partial charge in [0.25, 0.3) is 5.91 Å². The number of carbonyl (C=O) groups is 1. The fourth-order valence-corrected chi connectivity index (χ4v) is 3.40. The van der Waals surface area contributed by atoms with Crippen molar-refractivity contribution in [2.45, 2.75) is 52.5 Å². The van der Waals surface area contributed by atoms with Gasteiger partial charge in [-0.1, -0.05) is 13.8 Å². The Morgan fingerprint density at radius 2 is 2.19 bits per heavy atom. The van der Waals surface area contributed by atoms with E-state index in [0.29, 0.717) is 29.5 Å². The molecule has 2 heterocycles. The molecule has 0 spiro atoms. The molecule has 1 saturated heterocycles. The van der Waals surface area contributed by atoms with Gasteiger partial charge in [0.15, 0.2) is 0 Å². The van der Waals surface area contributed by atoms with Gasteiger partial charge in [-0.05, 0) is 39.0 Å². The maximum atomic E-state index is 12.9. The van der Waals surface area contributed by atoms with Crippen molar-refractivity contribution >= 4 is 5.91 Å². The SMILES string of the molecule is Cc1ncc(C(=O)N2CCC[C@@]2(CO)CC(C)C)c(C)n1. The Labute approximate surface area is 126 Å². The van der Waals surface area contributed by atoms with Crippen molar-refractivity contribution in [1.82, 2.24) is 14.9 Å². The smallest absolute Gasteiger partial charge is 0.257 e. The Kier molecular flexibility index (Phi) is 4.61. The first-order chi connectivity index (χ1) is 9.89. The summed E-state index contributed by atoms with van der Waals surface area (Å²) in [5, 5.41) is 9.92. The van der Waals surface area contributed by atoms with Crippen LogP contribution in [0.2, 0.25) is 0 Å². The lowest BCUT2D eigenvalue weighted by atomic mass is 9.86. The quantitative estimate of drug-likeness (QED) is 0.922. The Bertz CT molecular complexity index is 530. The number of hydrogen-bond donors (Lipinski definition) is 1. The summed E-state index contributed by atoms with van der Waals surface area (Å²) in [5.74, 6) is 1.04. The lowest BCUT2D eigenvalue weighted by molar-refractivity contribution is 0.0331. The summed E-state index contributed by atoms with van der Waals surface area (Å²) >= 11 is 0. The van der Waals surface area contributed by atoms with E-state index in [1.54, 1.807) is 6.20 Å². The van der Waals surface area contributed by atoms with E-state index >= 15 is 0 Å². The molecule has 1 fully saturated rings. The van der Waals surface area contributed by atoms with Gasteiger partial charge in [0.1, 0.15) is 5.82 Å². The Balaban J connectivity index is 2.32. The van der Waals surface area contributed by atoms with Gasteiger partial charge in [-0.3, -0.25) is 4.79 Å². The van der Waals surface area contributed by atoms with Crippen LogP contribution < -0.4 is 0 Å². The molecule has 5 nitrogen and oxygen atoms in total. The normalized spacial score (nSPS) is 22.1. The number of rotatable bonds is 4. The third kappa shape index (κ3) is 3.07. The molecule has 2 rings (SSSR count). The second-order valence-electron chi connectivity index (χ2n) is 6.46. The first-order valence-corrected chi connectivity index (χ1v) is 7.63. The Hall–Kier alpha value is -1.49. The van der Waals surface area contributed by atoms with Crippen LogP contribution in [0.5, 0.6) is 0 Å². The van der Waals surface area contributed by atoms with Crippen LogP contribution in [-0.4, -0.2) is 44.6 Å². The van der Waals surface area contributed by atoms with Crippen LogP contribution in [0.25, 0.3) is 0 Å². The molecule has 0 unspecified atom stereocenters. The third-order valence-corrected chi connectivity index (χ3v) is 4.25. The molecule has 0 saturated carbocycles. The van der Waals surface area contributed by atoms with Gasteiger partial charge in [0.2, 0.25) is 0 Å². The second-order valence-corrected chi connectivity index (χ2v) is 6.46. The molecule has 5 heteroatoms. The molecule has 0 bridgehead atoms.